The van der Waals surface area contributed by atoms with Crippen molar-refractivity contribution in [3.8, 4) is 0 Å². The lowest BCUT2D eigenvalue weighted by molar-refractivity contribution is -0.149. The van der Waals surface area contributed by atoms with Gasteiger partial charge in [-0.1, -0.05) is 33.1 Å². The highest BCUT2D eigenvalue weighted by atomic mass is 16.4. The number of nitrogens with one attached hydrogen (secondary N) is 1. The third kappa shape index (κ3) is 3.19. The summed E-state index contributed by atoms with van der Waals surface area (Å²) in [7, 11) is 0. The maximum Gasteiger partial charge on any atom is 0.329 e. The average Bonchev–Trinajstić information content (AvgIpc) is 2.28. The summed E-state index contributed by atoms with van der Waals surface area (Å²) >= 11 is 0. The Morgan fingerprint density at radius 2 is 1.76 bits per heavy atom. The smallest absolute Gasteiger partial charge is 0.329 e. The minimum Gasteiger partial charge on any atom is -0.480 e. The second-order valence-electron chi connectivity index (χ2n) is 5.21. The van der Waals surface area contributed by atoms with Crippen molar-refractivity contribution in [2.24, 2.45) is 11.7 Å². The molecular weight excluding hydrogens is 220 g/mol. The third-order valence-electron chi connectivity index (χ3n) is 3.50. The van der Waals surface area contributed by atoms with Crippen molar-refractivity contribution in [2.75, 3.05) is 0 Å². The van der Waals surface area contributed by atoms with E-state index in [0.29, 0.717) is 12.8 Å². The van der Waals surface area contributed by atoms with E-state index >= 15 is 0 Å². The predicted molar refractivity (Wildman–Crippen MR) is 64.4 cm³/mol. The van der Waals surface area contributed by atoms with Gasteiger partial charge in [0.1, 0.15) is 5.54 Å². The first kappa shape index (κ1) is 14.0. The molecule has 0 heterocycles. The van der Waals surface area contributed by atoms with Crippen molar-refractivity contribution in [1.82, 2.24) is 5.32 Å². The van der Waals surface area contributed by atoms with Crippen molar-refractivity contribution in [1.29, 1.82) is 0 Å². The Hall–Kier alpha value is -1.10. The first-order chi connectivity index (χ1) is 7.89. The van der Waals surface area contributed by atoms with Crippen LogP contribution in [0, 0.1) is 5.92 Å². The van der Waals surface area contributed by atoms with Gasteiger partial charge in [0, 0.05) is 0 Å². The van der Waals surface area contributed by atoms with Crippen molar-refractivity contribution in [2.45, 2.75) is 57.5 Å². The molecule has 17 heavy (non-hydrogen) atoms. The van der Waals surface area contributed by atoms with Gasteiger partial charge in [0.05, 0.1) is 6.04 Å². The van der Waals surface area contributed by atoms with E-state index in [9.17, 15) is 14.7 Å². The van der Waals surface area contributed by atoms with Crippen LogP contribution in [0.15, 0.2) is 0 Å². The van der Waals surface area contributed by atoms with E-state index in [-0.39, 0.29) is 11.8 Å². The maximum absolute atomic E-state index is 11.9. The van der Waals surface area contributed by atoms with Crippen LogP contribution in [0.3, 0.4) is 0 Å². The second kappa shape index (κ2) is 5.49. The molecule has 1 rings (SSSR count). The van der Waals surface area contributed by atoms with Gasteiger partial charge in [-0.05, 0) is 18.8 Å². The SMILES string of the molecule is CC(C)[C@H](N)C(=O)NC1(C(=O)O)CCCCC1. The van der Waals surface area contributed by atoms with Crippen LogP contribution < -0.4 is 11.1 Å². The lowest BCUT2D eigenvalue weighted by Gasteiger charge is -2.35. The first-order valence-corrected chi connectivity index (χ1v) is 6.20. The lowest BCUT2D eigenvalue weighted by Crippen LogP contribution is -2.59. The van der Waals surface area contributed by atoms with E-state index < -0.39 is 17.6 Å². The second-order valence-corrected chi connectivity index (χ2v) is 5.21. The molecule has 0 bridgehead atoms. The molecule has 1 aliphatic rings. The molecule has 5 nitrogen and oxygen atoms in total. The highest BCUT2D eigenvalue weighted by molar-refractivity contribution is 5.89. The lowest BCUT2D eigenvalue weighted by atomic mass is 9.81. The number of rotatable bonds is 4. The Kier molecular flexibility index (Phi) is 4.51. The van der Waals surface area contributed by atoms with Crippen LogP contribution >= 0.6 is 0 Å². The highest BCUT2D eigenvalue weighted by Crippen LogP contribution is 2.28. The van der Waals surface area contributed by atoms with Crippen LogP contribution in [-0.2, 0) is 9.59 Å². The number of carbonyl (C=O) groups excluding carboxylic acids is 1. The van der Waals surface area contributed by atoms with Crippen LogP contribution in [0.4, 0.5) is 0 Å². The minimum absolute atomic E-state index is 0.00411. The van der Waals surface area contributed by atoms with E-state index in [2.05, 4.69) is 5.32 Å². The molecule has 4 N–H and O–H groups in total. The van der Waals surface area contributed by atoms with E-state index in [4.69, 9.17) is 5.73 Å². The van der Waals surface area contributed by atoms with Gasteiger partial charge in [-0.2, -0.15) is 0 Å². The van der Waals surface area contributed by atoms with Gasteiger partial charge in [-0.3, -0.25) is 4.79 Å². The molecule has 0 saturated heterocycles. The highest BCUT2D eigenvalue weighted by Gasteiger charge is 2.41. The monoisotopic (exact) mass is 242 g/mol. The molecule has 1 saturated carbocycles. The number of amides is 1. The van der Waals surface area contributed by atoms with E-state index in [1.54, 1.807) is 0 Å². The van der Waals surface area contributed by atoms with Gasteiger partial charge in [-0.25, -0.2) is 4.79 Å². The van der Waals surface area contributed by atoms with Crippen LogP contribution in [0.5, 0.6) is 0 Å². The zero-order chi connectivity index (χ0) is 13.1. The summed E-state index contributed by atoms with van der Waals surface area (Å²) in [5.41, 5.74) is 4.64. The molecule has 98 valence electrons. The topological polar surface area (TPSA) is 92.4 Å². The quantitative estimate of drug-likeness (QED) is 0.682. The van der Waals surface area contributed by atoms with Gasteiger partial charge in [-0.15, -0.1) is 0 Å². The molecule has 0 aromatic heterocycles. The molecule has 0 aromatic rings. The summed E-state index contributed by atoms with van der Waals surface area (Å²) in [5.74, 6) is -1.30. The molecule has 5 heteroatoms. The summed E-state index contributed by atoms with van der Waals surface area (Å²) in [6.45, 7) is 3.69. The van der Waals surface area contributed by atoms with Crippen molar-refractivity contribution in [3.05, 3.63) is 0 Å². The Morgan fingerprint density at radius 1 is 1.24 bits per heavy atom. The zero-order valence-electron chi connectivity index (χ0n) is 10.5. The van der Waals surface area contributed by atoms with Gasteiger partial charge < -0.3 is 16.2 Å². The van der Waals surface area contributed by atoms with Crippen LogP contribution in [0.2, 0.25) is 0 Å². The molecule has 0 aromatic carbocycles. The minimum atomic E-state index is -1.10. The number of hydrogen-bond donors (Lipinski definition) is 3. The molecule has 0 spiro atoms. The summed E-state index contributed by atoms with van der Waals surface area (Å²) < 4.78 is 0. The molecule has 0 radical (unpaired) electrons. The molecule has 1 fully saturated rings. The van der Waals surface area contributed by atoms with Gasteiger partial charge >= 0.3 is 5.97 Å². The fourth-order valence-electron chi connectivity index (χ4n) is 2.17. The maximum atomic E-state index is 11.9. The molecule has 1 aliphatic carbocycles. The number of carboxylic acid groups (broad SMARTS) is 1. The fraction of sp³-hybridized carbons (Fsp3) is 0.833. The van der Waals surface area contributed by atoms with E-state index in [1.807, 2.05) is 13.8 Å². The van der Waals surface area contributed by atoms with Crippen molar-refractivity contribution in [3.63, 3.8) is 0 Å². The first-order valence-electron chi connectivity index (χ1n) is 6.20. The normalized spacial score (nSPS) is 20.9. The Morgan fingerprint density at radius 3 is 2.18 bits per heavy atom. The molecule has 0 aliphatic heterocycles. The number of carbonyl (C=O) groups is 2. The number of hydrogen-bond acceptors (Lipinski definition) is 3. The standard InChI is InChI=1S/C12H22N2O3/c1-8(2)9(13)10(15)14-12(11(16)17)6-4-3-5-7-12/h8-9H,3-7,13H2,1-2H3,(H,14,15)(H,16,17)/t9-/m0/s1. The van der Waals surface area contributed by atoms with Crippen molar-refractivity contribution >= 4 is 11.9 Å². The number of aliphatic carboxylic acids is 1. The Bertz CT molecular complexity index is 296. The summed E-state index contributed by atoms with van der Waals surface area (Å²) in [5, 5.41) is 12.0. The third-order valence-corrected chi connectivity index (χ3v) is 3.50. The van der Waals surface area contributed by atoms with Crippen molar-refractivity contribution < 1.29 is 14.7 Å². The van der Waals surface area contributed by atoms with E-state index in [0.717, 1.165) is 19.3 Å². The largest absolute Gasteiger partial charge is 0.480 e. The van der Waals surface area contributed by atoms with Crippen LogP contribution in [-0.4, -0.2) is 28.6 Å². The number of nitrogens with two attached hydrogens (primary N) is 1. The van der Waals surface area contributed by atoms with Gasteiger partial charge in [0.15, 0.2) is 0 Å². The van der Waals surface area contributed by atoms with Gasteiger partial charge in [0.2, 0.25) is 5.91 Å². The summed E-state index contributed by atoms with van der Waals surface area (Å²) in [6.07, 6.45) is 3.70. The van der Waals surface area contributed by atoms with E-state index in [1.165, 1.54) is 0 Å². The number of carboxylic acids is 1. The van der Waals surface area contributed by atoms with Crippen LogP contribution in [0.25, 0.3) is 0 Å². The molecular formula is C12H22N2O3. The van der Waals surface area contributed by atoms with Crippen LogP contribution in [0.1, 0.15) is 46.0 Å². The predicted octanol–water partition coefficient (Wildman–Crippen LogP) is 0.873. The summed E-state index contributed by atoms with van der Waals surface area (Å²) in [6, 6.07) is -0.645. The zero-order valence-corrected chi connectivity index (χ0v) is 10.5. The Labute approximate surface area is 102 Å². The molecule has 0 unspecified atom stereocenters. The molecule has 1 atom stereocenters. The Balaban J connectivity index is 2.73. The molecule has 1 amide bonds. The average molecular weight is 242 g/mol. The fourth-order valence-corrected chi connectivity index (χ4v) is 2.17. The summed E-state index contributed by atoms with van der Waals surface area (Å²) in [4.78, 5) is 23.2. The van der Waals surface area contributed by atoms with Gasteiger partial charge in [0.25, 0.3) is 0 Å².